The number of primary amides is 1. The average Bonchev–Trinajstić information content (AvgIpc) is 3.97. The summed E-state index contributed by atoms with van der Waals surface area (Å²) in [7, 11) is 0. The number of para-hydroxylation sites is 1. The zero-order valence-electron chi connectivity index (χ0n) is 37.4. The van der Waals surface area contributed by atoms with Crippen LogP contribution >= 0.6 is 0 Å². The van der Waals surface area contributed by atoms with E-state index < -0.39 is 83.8 Å². The van der Waals surface area contributed by atoms with Crippen LogP contribution in [0.5, 0.6) is 0 Å². The molecule has 0 spiro atoms. The molecule has 0 aliphatic carbocycles. The molecule has 1 aliphatic rings. The highest BCUT2D eigenvalue weighted by Gasteiger charge is 2.34. The number of guanidine groups is 1. The Balaban J connectivity index is 1.49. The summed E-state index contributed by atoms with van der Waals surface area (Å²) in [6.45, 7) is 1.77. The molecule has 22 nitrogen and oxygen atoms in total. The number of nitrogens with zero attached hydrogens (tertiary/aromatic N) is 2. The van der Waals surface area contributed by atoms with Gasteiger partial charge in [0.25, 0.3) is 0 Å². The zero-order valence-corrected chi connectivity index (χ0v) is 37.4. The molecule has 2 aromatic heterocycles. The van der Waals surface area contributed by atoms with Crippen molar-refractivity contribution < 1.29 is 38.7 Å². The van der Waals surface area contributed by atoms with Gasteiger partial charge in [-0.1, -0.05) is 55.5 Å². The van der Waals surface area contributed by atoms with E-state index in [4.69, 9.17) is 17.2 Å². The van der Waals surface area contributed by atoms with E-state index in [-0.39, 0.29) is 76.8 Å². The van der Waals surface area contributed by atoms with E-state index in [1.807, 2.05) is 24.3 Å². The van der Waals surface area contributed by atoms with Gasteiger partial charge in [-0.05, 0) is 55.7 Å². The summed E-state index contributed by atoms with van der Waals surface area (Å²) in [4.78, 5) is 110. The third-order valence-corrected chi connectivity index (χ3v) is 11.2. The van der Waals surface area contributed by atoms with Crippen LogP contribution in [0, 0.1) is 0 Å². The second-order valence-electron chi connectivity index (χ2n) is 16.4. The molecule has 16 N–H and O–H groups in total. The number of aliphatic hydroxyl groups is 1. The first-order valence-corrected chi connectivity index (χ1v) is 22.3. The number of rotatable bonds is 17. The molecule has 2 aromatic carbocycles. The van der Waals surface area contributed by atoms with E-state index in [0.717, 1.165) is 16.5 Å². The number of nitrogens with one attached hydrogen (secondary N) is 9. The molecule has 360 valence electrons. The Morgan fingerprint density at radius 3 is 2.24 bits per heavy atom. The van der Waals surface area contributed by atoms with Gasteiger partial charge in [-0.3, -0.25) is 43.9 Å². The molecule has 1 saturated heterocycles. The molecule has 1 fully saturated rings. The first kappa shape index (κ1) is 50.7. The van der Waals surface area contributed by atoms with Crippen LogP contribution in [0.25, 0.3) is 10.9 Å². The highest BCUT2D eigenvalue weighted by atomic mass is 16.3. The number of H-pyrrole nitrogens is 2. The molecule has 22 heteroatoms. The lowest BCUT2D eigenvalue weighted by Gasteiger charge is -2.30. The minimum Gasteiger partial charge on any atom is -0.376 e. The largest absolute Gasteiger partial charge is 0.376 e. The van der Waals surface area contributed by atoms with Gasteiger partial charge in [0.05, 0.1) is 18.4 Å². The van der Waals surface area contributed by atoms with Crippen molar-refractivity contribution in [2.75, 3.05) is 13.1 Å². The van der Waals surface area contributed by atoms with E-state index in [9.17, 15) is 38.7 Å². The van der Waals surface area contributed by atoms with Gasteiger partial charge in [-0.25, -0.2) is 4.98 Å². The fraction of sp³-hybridized carbons (Fsp3) is 0.444. The number of fused-ring (bicyclic) bond motifs is 1. The molecule has 5 rings (SSSR count). The Morgan fingerprint density at radius 1 is 0.851 bits per heavy atom. The van der Waals surface area contributed by atoms with Crippen LogP contribution in [0.1, 0.15) is 68.7 Å². The van der Waals surface area contributed by atoms with Crippen molar-refractivity contribution in [1.82, 2.24) is 52.2 Å². The van der Waals surface area contributed by atoms with Crippen molar-refractivity contribution in [3.8, 4) is 0 Å². The van der Waals surface area contributed by atoms with Crippen molar-refractivity contribution in [3.05, 3.63) is 90.1 Å². The molecule has 1 unspecified atom stereocenters. The second-order valence-corrected chi connectivity index (χ2v) is 16.4. The van der Waals surface area contributed by atoms with Crippen molar-refractivity contribution in [2.45, 2.75) is 114 Å². The van der Waals surface area contributed by atoms with Crippen LogP contribution in [0.4, 0.5) is 0 Å². The first-order chi connectivity index (χ1) is 32.2. The van der Waals surface area contributed by atoms with Gasteiger partial charge in [-0.2, -0.15) is 0 Å². The maximum Gasteiger partial charge on any atom is 0.243 e. The average molecular weight is 927 g/mol. The molecular formula is C45H62N14O8. The standard InChI is InChI=1S/C45H62N14O8/c1-2-9-38(61)54-32-15-16-37(60)50-19-17-33(42(65)57-34(39(46)62)21-27-23-52-30-13-7-6-12-29(27)30)56-40(63)31(14-8-18-51-45(47)48)55-43(66)35(20-26-10-4-3-5-11-26)58-44(67)36(59-41(32)64)22-28-24-49-25-53-28/h3-7,10-13,23-25,31-36,42,52,57,65H,2,8-9,14-22H2,1H3,(H2,46,62)(H,49,53)(H,50,60)(H,54,61)(H,55,66)(H,56,63)(H,58,67)(H,59,64)(H4,47,48,51)/t31-,32-,33-,34-,35+,36-,42?/m0/s1. The zero-order chi connectivity index (χ0) is 48.3. The van der Waals surface area contributed by atoms with Crippen LogP contribution in [-0.4, -0.2) is 123 Å². The lowest BCUT2D eigenvalue weighted by molar-refractivity contribution is -0.135. The molecule has 7 atom stereocenters. The van der Waals surface area contributed by atoms with Crippen LogP contribution in [-0.2, 0) is 52.8 Å². The third kappa shape index (κ3) is 16.0. The molecule has 0 radical (unpaired) electrons. The topological polar surface area (TPSA) is 359 Å². The maximum atomic E-state index is 14.5. The number of carbonyl (C=O) groups is 7. The lowest BCUT2D eigenvalue weighted by Crippen LogP contribution is -2.61. The lowest BCUT2D eigenvalue weighted by atomic mass is 10.0. The summed E-state index contributed by atoms with van der Waals surface area (Å²) in [5, 5.41) is 31.9. The fourth-order valence-corrected chi connectivity index (χ4v) is 7.64. The van der Waals surface area contributed by atoms with Crippen LogP contribution in [0.15, 0.2) is 78.3 Å². The number of hydrogen-bond donors (Lipinski definition) is 13. The number of benzene rings is 2. The minimum absolute atomic E-state index is 0.0124. The molecule has 0 saturated carbocycles. The van der Waals surface area contributed by atoms with Gasteiger partial charge in [0.2, 0.25) is 41.4 Å². The number of aromatic amines is 2. The quantitative estimate of drug-likeness (QED) is 0.0243. The summed E-state index contributed by atoms with van der Waals surface area (Å²) in [6.07, 6.45) is 3.17. The summed E-state index contributed by atoms with van der Waals surface area (Å²) in [6, 6.07) is 8.77. The van der Waals surface area contributed by atoms with Gasteiger partial charge in [0, 0.05) is 67.8 Å². The number of imidazole rings is 1. The van der Waals surface area contributed by atoms with Crippen molar-refractivity contribution in [2.24, 2.45) is 22.2 Å². The number of aliphatic hydroxyl groups excluding tert-OH is 1. The number of aliphatic imine (C=N–C) groups is 1. The molecule has 0 bridgehead atoms. The van der Waals surface area contributed by atoms with Gasteiger partial charge < -0.3 is 64.2 Å². The van der Waals surface area contributed by atoms with Crippen LogP contribution in [0.3, 0.4) is 0 Å². The van der Waals surface area contributed by atoms with Gasteiger partial charge in [-0.15, -0.1) is 0 Å². The molecule has 1 aliphatic heterocycles. The van der Waals surface area contributed by atoms with Crippen LogP contribution in [0.2, 0.25) is 0 Å². The van der Waals surface area contributed by atoms with Crippen molar-refractivity contribution >= 4 is 58.2 Å². The van der Waals surface area contributed by atoms with Crippen molar-refractivity contribution in [1.29, 1.82) is 0 Å². The maximum absolute atomic E-state index is 14.5. The monoisotopic (exact) mass is 926 g/mol. The number of carbonyl (C=O) groups excluding carboxylic acids is 7. The van der Waals surface area contributed by atoms with Crippen molar-refractivity contribution in [3.63, 3.8) is 0 Å². The van der Waals surface area contributed by atoms with E-state index in [0.29, 0.717) is 17.7 Å². The fourth-order valence-electron chi connectivity index (χ4n) is 7.64. The Bertz CT molecular complexity index is 2320. The number of amides is 7. The molecule has 3 heterocycles. The summed E-state index contributed by atoms with van der Waals surface area (Å²) in [5.74, 6) is -4.96. The Hall–Kier alpha value is -7.33. The van der Waals surface area contributed by atoms with Crippen LogP contribution < -0.4 is 54.4 Å². The Morgan fingerprint density at radius 2 is 1.54 bits per heavy atom. The Kier molecular flexibility index (Phi) is 19.2. The highest BCUT2D eigenvalue weighted by molar-refractivity contribution is 5.96. The molecular weight excluding hydrogens is 865 g/mol. The van der Waals surface area contributed by atoms with E-state index in [1.54, 1.807) is 43.5 Å². The predicted octanol–water partition coefficient (Wildman–Crippen LogP) is -1.74. The minimum atomic E-state index is -1.63. The smallest absolute Gasteiger partial charge is 0.243 e. The SMILES string of the molecule is CCCC(=O)N[C@H]1CCC(=O)NCC[C@@H](C(O)N[C@@H](Cc2c[nH]c3ccccc23)C(N)=O)NC(=O)[C@H](CCCN=C(N)N)NC(=O)[C@@H](Cc2ccccc2)NC(=O)[C@H](Cc2cnc[nH]2)NC1=O. The van der Waals surface area contributed by atoms with Gasteiger partial charge in [0.1, 0.15) is 30.4 Å². The van der Waals surface area contributed by atoms with Gasteiger partial charge >= 0.3 is 0 Å². The highest BCUT2D eigenvalue weighted by Crippen LogP contribution is 2.20. The first-order valence-electron chi connectivity index (χ1n) is 22.3. The number of aromatic nitrogens is 3. The van der Waals surface area contributed by atoms with E-state index in [1.165, 1.54) is 12.5 Å². The number of nitrogens with two attached hydrogens (primary N) is 3. The summed E-state index contributed by atoms with van der Waals surface area (Å²) < 4.78 is 0. The second kappa shape index (κ2) is 25.4. The Labute approximate surface area is 387 Å². The molecule has 67 heavy (non-hydrogen) atoms. The third-order valence-electron chi connectivity index (χ3n) is 11.2. The molecule has 7 amide bonds. The summed E-state index contributed by atoms with van der Waals surface area (Å²) >= 11 is 0. The van der Waals surface area contributed by atoms with E-state index >= 15 is 0 Å². The molecule has 4 aromatic rings. The number of hydrogen-bond acceptors (Lipinski definition) is 11. The van der Waals surface area contributed by atoms with Gasteiger partial charge in [0.15, 0.2) is 5.96 Å². The van der Waals surface area contributed by atoms with E-state index in [2.05, 4.69) is 57.2 Å². The summed E-state index contributed by atoms with van der Waals surface area (Å²) in [5.41, 5.74) is 19.6. The predicted molar refractivity (Wildman–Crippen MR) is 248 cm³/mol. The normalized spacial score (nSPS) is 21.2.